The molecule has 4 heteroatoms. The highest BCUT2D eigenvalue weighted by Crippen LogP contribution is 2.36. The average molecular weight is 385 g/mol. The summed E-state index contributed by atoms with van der Waals surface area (Å²) in [6, 6.07) is 24.9. The SMILES string of the molecule is COc1ccc(C2CC(=O)C(c3ccc(O)cc3)=CN2Cc2ccccc2)cc1. The Hall–Kier alpha value is -3.53. The lowest BCUT2D eigenvalue weighted by atomic mass is 9.89. The zero-order valence-corrected chi connectivity index (χ0v) is 16.3. The van der Waals surface area contributed by atoms with Crippen LogP contribution in [0.1, 0.15) is 29.2 Å². The Morgan fingerprint density at radius 1 is 0.966 bits per heavy atom. The van der Waals surface area contributed by atoms with Gasteiger partial charge in [-0.1, -0.05) is 54.6 Å². The fraction of sp³-hybridized carbons (Fsp3) is 0.160. The first-order valence-corrected chi connectivity index (χ1v) is 9.62. The smallest absolute Gasteiger partial charge is 0.167 e. The third-order valence-electron chi connectivity index (χ3n) is 5.26. The van der Waals surface area contributed by atoms with Crippen LogP contribution < -0.4 is 4.74 Å². The van der Waals surface area contributed by atoms with Crippen LogP contribution in [0, 0.1) is 0 Å². The number of rotatable bonds is 5. The standard InChI is InChI=1S/C25H23NO3/c1-29-22-13-9-20(10-14-22)24-15-25(28)23(19-7-11-21(27)12-8-19)17-26(24)16-18-5-3-2-4-6-18/h2-14,17,24,27H,15-16H2,1H3. The van der Waals surface area contributed by atoms with Crippen molar-refractivity contribution in [2.75, 3.05) is 7.11 Å². The van der Waals surface area contributed by atoms with E-state index in [0.29, 0.717) is 18.5 Å². The van der Waals surface area contributed by atoms with Crippen LogP contribution in [0.15, 0.2) is 85.1 Å². The van der Waals surface area contributed by atoms with Crippen molar-refractivity contribution in [3.63, 3.8) is 0 Å². The zero-order valence-electron chi connectivity index (χ0n) is 16.3. The summed E-state index contributed by atoms with van der Waals surface area (Å²) >= 11 is 0. The summed E-state index contributed by atoms with van der Waals surface area (Å²) in [5, 5.41) is 9.58. The molecular weight excluding hydrogens is 362 g/mol. The number of methoxy groups -OCH3 is 1. The van der Waals surface area contributed by atoms with Crippen molar-refractivity contribution in [3.8, 4) is 11.5 Å². The van der Waals surface area contributed by atoms with E-state index in [4.69, 9.17) is 4.74 Å². The molecule has 0 bridgehead atoms. The Morgan fingerprint density at radius 2 is 1.66 bits per heavy atom. The van der Waals surface area contributed by atoms with E-state index in [2.05, 4.69) is 17.0 Å². The second-order valence-electron chi connectivity index (χ2n) is 7.16. The van der Waals surface area contributed by atoms with Gasteiger partial charge in [-0.05, 0) is 41.0 Å². The number of ether oxygens (including phenoxy) is 1. The third-order valence-corrected chi connectivity index (χ3v) is 5.26. The van der Waals surface area contributed by atoms with Gasteiger partial charge in [0, 0.05) is 24.7 Å². The van der Waals surface area contributed by atoms with Crippen molar-refractivity contribution < 1.29 is 14.6 Å². The molecule has 4 nitrogen and oxygen atoms in total. The van der Waals surface area contributed by atoms with Gasteiger partial charge in [0.2, 0.25) is 0 Å². The van der Waals surface area contributed by atoms with Gasteiger partial charge in [0.1, 0.15) is 11.5 Å². The molecule has 0 radical (unpaired) electrons. The number of phenols is 1. The molecule has 4 rings (SSSR count). The van der Waals surface area contributed by atoms with E-state index >= 15 is 0 Å². The van der Waals surface area contributed by atoms with Gasteiger partial charge >= 0.3 is 0 Å². The monoisotopic (exact) mass is 385 g/mol. The molecule has 1 aliphatic rings. The van der Waals surface area contributed by atoms with Crippen LogP contribution in [0.5, 0.6) is 11.5 Å². The second kappa shape index (κ2) is 8.23. The third kappa shape index (κ3) is 4.16. The molecule has 1 atom stereocenters. The molecular formula is C25H23NO3. The molecule has 1 unspecified atom stereocenters. The number of Topliss-reactive ketones (excluding diaryl/α,β-unsaturated/α-hetero) is 1. The first kappa shape index (κ1) is 18.8. The second-order valence-corrected chi connectivity index (χ2v) is 7.16. The molecule has 0 amide bonds. The highest BCUT2D eigenvalue weighted by Gasteiger charge is 2.29. The maximum atomic E-state index is 13.0. The summed E-state index contributed by atoms with van der Waals surface area (Å²) in [6.07, 6.45) is 2.35. The van der Waals surface area contributed by atoms with E-state index in [1.807, 2.05) is 48.7 Å². The highest BCUT2D eigenvalue weighted by atomic mass is 16.5. The molecule has 0 saturated heterocycles. The fourth-order valence-corrected chi connectivity index (χ4v) is 3.69. The van der Waals surface area contributed by atoms with Crippen molar-refractivity contribution in [2.45, 2.75) is 19.0 Å². The van der Waals surface area contributed by atoms with Gasteiger partial charge in [-0.3, -0.25) is 4.79 Å². The molecule has 0 saturated carbocycles. The van der Waals surface area contributed by atoms with E-state index < -0.39 is 0 Å². The lowest BCUT2D eigenvalue weighted by Crippen LogP contribution is -2.30. The van der Waals surface area contributed by atoms with Crippen molar-refractivity contribution in [2.24, 2.45) is 0 Å². The number of ketones is 1. The summed E-state index contributed by atoms with van der Waals surface area (Å²) in [6.45, 7) is 0.701. The average Bonchev–Trinajstić information content (AvgIpc) is 2.76. The molecule has 0 aromatic heterocycles. The molecule has 0 spiro atoms. The van der Waals surface area contributed by atoms with Gasteiger partial charge in [0.15, 0.2) is 5.78 Å². The number of benzene rings is 3. The van der Waals surface area contributed by atoms with Gasteiger partial charge in [-0.2, -0.15) is 0 Å². The number of phenolic OH excluding ortho intramolecular Hbond substituents is 1. The summed E-state index contributed by atoms with van der Waals surface area (Å²) in [5.41, 5.74) is 3.75. The molecule has 1 aliphatic heterocycles. The van der Waals surface area contributed by atoms with Crippen LogP contribution in [0.4, 0.5) is 0 Å². The summed E-state index contributed by atoms with van der Waals surface area (Å²) in [4.78, 5) is 15.2. The van der Waals surface area contributed by atoms with Crippen molar-refractivity contribution in [1.29, 1.82) is 0 Å². The zero-order chi connectivity index (χ0) is 20.2. The van der Waals surface area contributed by atoms with Gasteiger partial charge in [-0.15, -0.1) is 0 Å². The number of aromatic hydroxyl groups is 1. The lowest BCUT2D eigenvalue weighted by molar-refractivity contribution is -0.115. The first-order chi connectivity index (χ1) is 14.1. The Morgan fingerprint density at radius 3 is 2.31 bits per heavy atom. The molecule has 1 N–H and O–H groups in total. The maximum Gasteiger partial charge on any atom is 0.167 e. The van der Waals surface area contributed by atoms with Crippen LogP contribution in [-0.2, 0) is 11.3 Å². The quantitative estimate of drug-likeness (QED) is 0.675. The van der Waals surface area contributed by atoms with Gasteiger partial charge in [0.25, 0.3) is 0 Å². The van der Waals surface area contributed by atoms with Crippen LogP contribution >= 0.6 is 0 Å². The van der Waals surface area contributed by atoms with Gasteiger partial charge in [0.05, 0.1) is 13.2 Å². The number of hydrogen-bond donors (Lipinski definition) is 1. The Kier molecular flexibility index (Phi) is 5.34. The van der Waals surface area contributed by atoms with Crippen LogP contribution in [-0.4, -0.2) is 22.9 Å². The molecule has 0 fully saturated rings. The molecule has 3 aromatic rings. The Labute approximate surface area is 170 Å². The topological polar surface area (TPSA) is 49.8 Å². The van der Waals surface area contributed by atoms with E-state index in [-0.39, 0.29) is 17.6 Å². The minimum atomic E-state index is -0.0468. The van der Waals surface area contributed by atoms with Crippen LogP contribution in [0.25, 0.3) is 5.57 Å². The van der Waals surface area contributed by atoms with Gasteiger partial charge in [-0.25, -0.2) is 0 Å². The number of allylic oxidation sites excluding steroid dienone is 1. The van der Waals surface area contributed by atoms with Crippen molar-refractivity contribution >= 4 is 11.4 Å². The van der Waals surface area contributed by atoms with Gasteiger partial charge < -0.3 is 14.7 Å². The summed E-state index contributed by atoms with van der Waals surface area (Å²) in [7, 11) is 1.65. The maximum absolute atomic E-state index is 13.0. The molecule has 1 heterocycles. The molecule has 146 valence electrons. The van der Waals surface area contributed by atoms with E-state index in [1.165, 1.54) is 5.56 Å². The van der Waals surface area contributed by atoms with Crippen molar-refractivity contribution in [1.82, 2.24) is 4.90 Å². The largest absolute Gasteiger partial charge is 0.508 e. The Balaban J connectivity index is 1.72. The number of carbonyl (C=O) groups is 1. The van der Waals surface area contributed by atoms with Crippen LogP contribution in [0.3, 0.4) is 0 Å². The summed E-state index contributed by atoms with van der Waals surface area (Å²) in [5.74, 6) is 1.08. The number of carbonyl (C=O) groups excluding carboxylic acids is 1. The molecule has 0 aliphatic carbocycles. The van der Waals surface area contributed by atoms with Crippen LogP contribution in [0.2, 0.25) is 0 Å². The lowest BCUT2D eigenvalue weighted by Gasteiger charge is -2.35. The first-order valence-electron chi connectivity index (χ1n) is 9.62. The molecule has 29 heavy (non-hydrogen) atoms. The number of hydrogen-bond acceptors (Lipinski definition) is 4. The van der Waals surface area contributed by atoms with E-state index in [0.717, 1.165) is 16.9 Å². The predicted molar refractivity (Wildman–Crippen MR) is 113 cm³/mol. The van der Waals surface area contributed by atoms with E-state index in [9.17, 15) is 9.90 Å². The van der Waals surface area contributed by atoms with E-state index in [1.54, 1.807) is 31.4 Å². The molecule has 3 aromatic carbocycles. The minimum absolute atomic E-state index is 0.0468. The summed E-state index contributed by atoms with van der Waals surface area (Å²) < 4.78 is 5.27. The normalized spacial score (nSPS) is 16.4. The Bertz CT molecular complexity index is 1010. The minimum Gasteiger partial charge on any atom is -0.508 e. The number of nitrogens with zero attached hydrogens (tertiary/aromatic N) is 1. The predicted octanol–water partition coefficient (Wildman–Crippen LogP) is 4.96. The fourth-order valence-electron chi connectivity index (χ4n) is 3.69. The highest BCUT2D eigenvalue weighted by molar-refractivity contribution is 6.21. The van der Waals surface area contributed by atoms with Crippen molar-refractivity contribution in [3.05, 3.63) is 102 Å².